The van der Waals surface area contributed by atoms with E-state index < -0.39 is 0 Å². The lowest BCUT2D eigenvalue weighted by molar-refractivity contribution is -0.120. The van der Waals surface area contributed by atoms with E-state index in [0.29, 0.717) is 13.0 Å². The highest BCUT2D eigenvalue weighted by Crippen LogP contribution is 2.37. The van der Waals surface area contributed by atoms with Gasteiger partial charge in [-0.2, -0.15) is 0 Å². The number of carbonyl (C=O) groups is 1. The third kappa shape index (κ3) is 4.34. The van der Waals surface area contributed by atoms with Gasteiger partial charge in [-0.15, -0.1) is 11.3 Å². The quantitative estimate of drug-likeness (QED) is 0.654. The van der Waals surface area contributed by atoms with Gasteiger partial charge in [-0.05, 0) is 41.0 Å². The second-order valence-electron chi connectivity index (χ2n) is 7.39. The monoisotopic (exact) mass is 391 g/mol. The topological polar surface area (TPSA) is 38.3 Å². The van der Waals surface area contributed by atoms with Gasteiger partial charge in [-0.1, -0.05) is 60.7 Å². The molecule has 0 spiro atoms. The van der Waals surface area contributed by atoms with Crippen LogP contribution in [0.15, 0.2) is 72.1 Å². The van der Waals surface area contributed by atoms with Crippen molar-refractivity contribution < 1.29 is 9.53 Å². The molecular formula is C24H25NO2S. The van der Waals surface area contributed by atoms with Crippen LogP contribution in [0.1, 0.15) is 23.3 Å². The number of carbonyl (C=O) groups excluding carboxylic acids is 1. The number of rotatable bonds is 6. The van der Waals surface area contributed by atoms with Crippen molar-refractivity contribution in [1.82, 2.24) is 5.32 Å². The zero-order valence-corrected chi connectivity index (χ0v) is 16.7. The summed E-state index contributed by atoms with van der Waals surface area (Å²) < 4.78 is 5.56. The molecule has 4 rings (SSSR count). The molecule has 2 heterocycles. The number of hydrogen-bond donors (Lipinski definition) is 1. The second kappa shape index (κ2) is 8.72. The largest absolute Gasteiger partial charge is 0.381 e. The SMILES string of the molecule is O=C(Cc1ccc(-c2ccccc2)cc1)NCC1(c2cccs2)CCOCC1. The maximum absolute atomic E-state index is 12.6. The van der Waals surface area contributed by atoms with Crippen LogP contribution in [0.25, 0.3) is 11.1 Å². The molecule has 2 aromatic carbocycles. The molecule has 1 aliphatic heterocycles. The van der Waals surface area contributed by atoms with Crippen molar-refractivity contribution in [1.29, 1.82) is 0 Å². The summed E-state index contributed by atoms with van der Waals surface area (Å²) in [6, 6.07) is 22.8. The van der Waals surface area contributed by atoms with E-state index in [1.165, 1.54) is 16.0 Å². The molecule has 0 aliphatic carbocycles. The van der Waals surface area contributed by atoms with Crippen LogP contribution in [0.5, 0.6) is 0 Å². The molecule has 144 valence electrons. The predicted molar refractivity (Wildman–Crippen MR) is 115 cm³/mol. The van der Waals surface area contributed by atoms with Crippen molar-refractivity contribution in [3.8, 4) is 11.1 Å². The minimum absolute atomic E-state index is 0.0131. The van der Waals surface area contributed by atoms with E-state index in [2.05, 4.69) is 47.1 Å². The summed E-state index contributed by atoms with van der Waals surface area (Å²) >= 11 is 1.78. The molecule has 1 aromatic heterocycles. The Hall–Kier alpha value is -2.43. The number of nitrogens with one attached hydrogen (secondary N) is 1. The molecule has 1 fully saturated rings. The summed E-state index contributed by atoms with van der Waals surface area (Å²) in [6.45, 7) is 2.20. The first kappa shape index (κ1) is 18.9. The Balaban J connectivity index is 1.37. The Bertz CT molecular complexity index is 882. The van der Waals surface area contributed by atoms with Crippen molar-refractivity contribution in [2.45, 2.75) is 24.7 Å². The predicted octanol–water partition coefficient (Wildman–Crippen LogP) is 4.82. The highest BCUT2D eigenvalue weighted by Gasteiger charge is 2.35. The van der Waals surface area contributed by atoms with E-state index >= 15 is 0 Å². The molecule has 1 N–H and O–H groups in total. The molecule has 0 unspecified atom stereocenters. The van der Waals surface area contributed by atoms with Gasteiger partial charge in [-0.25, -0.2) is 0 Å². The Morgan fingerprint density at radius 3 is 2.32 bits per heavy atom. The van der Waals surface area contributed by atoms with Crippen LogP contribution >= 0.6 is 11.3 Å². The maximum Gasteiger partial charge on any atom is 0.224 e. The highest BCUT2D eigenvalue weighted by atomic mass is 32.1. The van der Waals surface area contributed by atoms with Crippen LogP contribution in [0.2, 0.25) is 0 Å². The standard InChI is InChI=1S/C24H25NO2S/c26-23(17-19-8-10-21(11-9-19)20-5-2-1-3-6-20)25-18-24(12-14-27-15-13-24)22-7-4-16-28-22/h1-11,16H,12-15,17-18H2,(H,25,26). The van der Waals surface area contributed by atoms with Gasteiger partial charge in [0.05, 0.1) is 6.42 Å². The van der Waals surface area contributed by atoms with E-state index in [4.69, 9.17) is 4.74 Å². The summed E-state index contributed by atoms with van der Waals surface area (Å²) in [7, 11) is 0. The first-order valence-corrected chi connectivity index (χ1v) is 10.7. The van der Waals surface area contributed by atoms with E-state index in [0.717, 1.165) is 31.6 Å². The van der Waals surface area contributed by atoms with Crippen LogP contribution in [0.4, 0.5) is 0 Å². The van der Waals surface area contributed by atoms with Crippen LogP contribution in [0, 0.1) is 0 Å². The summed E-state index contributed by atoms with van der Waals surface area (Å²) in [5.74, 6) is 0.0786. The number of benzene rings is 2. The van der Waals surface area contributed by atoms with Crippen molar-refractivity contribution in [2.24, 2.45) is 0 Å². The molecule has 0 radical (unpaired) electrons. The van der Waals surface area contributed by atoms with Gasteiger partial charge in [-0.3, -0.25) is 4.79 Å². The molecule has 1 amide bonds. The molecule has 28 heavy (non-hydrogen) atoms. The smallest absolute Gasteiger partial charge is 0.224 e. The lowest BCUT2D eigenvalue weighted by Crippen LogP contribution is -2.44. The first-order chi connectivity index (χ1) is 13.8. The second-order valence-corrected chi connectivity index (χ2v) is 8.33. The molecule has 3 aromatic rings. The van der Waals surface area contributed by atoms with Crippen LogP contribution in [-0.4, -0.2) is 25.7 Å². The minimum Gasteiger partial charge on any atom is -0.381 e. The fraction of sp³-hybridized carbons (Fsp3) is 0.292. The van der Waals surface area contributed by atoms with Gasteiger partial charge in [0, 0.05) is 30.1 Å². The van der Waals surface area contributed by atoms with Crippen molar-refractivity contribution in [3.05, 3.63) is 82.6 Å². The van der Waals surface area contributed by atoms with E-state index in [9.17, 15) is 4.79 Å². The zero-order valence-electron chi connectivity index (χ0n) is 15.9. The fourth-order valence-corrected chi connectivity index (χ4v) is 4.80. The highest BCUT2D eigenvalue weighted by molar-refractivity contribution is 7.10. The summed E-state index contributed by atoms with van der Waals surface area (Å²) in [6.07, 6.45) is 2.32. The van der Waals surface area contributed by atoms with E-state index in [-0.39, 0.29) is 11.3 Å². The molecule has 0 atom stereocenters. The molecule has 3 nitrogen and oxygen atoms in total. The lowest BCUT2D eigenvalue weighted by Gasteiger charge is -2.36. The molecule has 1 aliphatic rings. The van der Waals surface area contributed by atoms with E-state index in [1.807, 2.05) is 30.3 Å². The molecule has 1 saturated heterocycles. The molecule has 0 saturated carbocycles. The van der Waals surface area contributed by atoms with Crippen LogP contribution in [0.3, 0.4) is 0 Å². The molecular weight excluding hydrogens is 366 g/mol. The average molecular weight is 392 g/mol. The normalized spacial score (nSPS) is 15.9. The number of ether oxygens (including phenoxy) is 1. The fourth-order valence-electron chi connectivity index (χ4n) is 3.81. The van der Waals surface area contributed by atoms with Crippen LogP contribution in [-0.2, 0) is 21.4 Å². The summed E-state index contributed by atoms with van der Waals surface area (Å²) in [5.41, 5.74) is 3.41. The van der Waals surface area contributed by atoms with Crippen LogP contribution < -0.4 is 5.32 Å². The summed E-state index contributed by atoms with van der Waals surface area (Å²) in [4.78, 5) is 13.9. The maximum atomic E-state index is 12.6. The number of amides is 1. The van der Waals surface area contributed by atoms with Gasteiger partial charge < -0.3 is 10.1 Å². The van der Waals surface area contributed by atoms with Gasteiger partial charge in [0.15, 0.2) is 0 Å². The Morgan fingerprint density at radius 2 is 1.64 bits per heavy atom. The Kier molecular flexibility index (Phi) is 5.89. The third-order valence-electron chi connectivity index (χ3n) is 5.54. The van der Waals surface area contributed by atoms with Crippen molar-refractivity contribution >= 4 is 17.2 Å². The van der Waals surface area contributed by atoms with Gasteiger partial charge in [0.1, 0.15) is 0 Å². The average Bonchev–Trinajstić information content (AvgIpc) is 3.30. The Morgan fingerprint density at radius 1 is 0.929 bits per heavy atom. The lowest BCUT2D eigenvalue weighted by atomic mass is 9.78. The number of hydrogen-bond acceptors (Lipinski definition) is 3. The van der Waals surface area contributed by atoms with Crippen molar-refractivity contribution in [2.75, 3.05) is 19.8 Å². The molecule has 0 bridgehead atoms. The number of thiophene rings is 1. The van der Waals surface area contributed by atoms with Gasteiger partial charge in [0.2, 0.25) is 5.91 Å². The van der Waals surface area contributed by atoms with Gasteiger partial charge in [0.25, 0.3) is 0 Å². The summed E-state index contributed by atoms with van der Waals surface area (Å²) in [5, 5.41) is 5.30. The van der Waals surface area contributed by atoms with E-state index in [1.54, 1.807) is 11.3 Å². The van der Waals surface area contributed by atoms with Gasteiger partial charge >= 0.3 is 0 Å². The zero-order chi connectivity index (χ0) is 19.2. The van der Waals surface area contributed by atoms with Crippen molar-refractivity contribution in [3.63, 3.8) is 0 Å². The minimum atomic E-state index is 0.0131. The Labute approximate surface area is 170 Å². The first-order valence-electron chi connectivity index (χ1n) is 9.78. The molecule has 4 heteroatoms. The third-order valence-corrected chi connectivity index (χ3v) is 6.66.